The topological polar surface area (TPSA) is 49.0 Å². The van der Waals surface area contributed by atoms with Crippen LogP contribution in [0.15, 0.2) is 48.5 Å². The third-order valence-electron chi connectivity index (χ3n) is 6.05. The Labute approximate surface area is 166 Å². The lowest BCUT2D eigenvalue weighted by Crippen LogP contribution is -2.48. The molecule has 0 bridgehead atoms. The summed E-state index contributed by atoms with van der Waals surface area (Å²) in [7, 11) is 0. The number of fused-ring (bicyclic) bond motifs is 1. The molecule has 0 aliphatic carbocycles. The van der Waals surface area contributed by atoms with Gasteiger partial charge in [-0.1, -0.05) is 36.4 Å². The average molecular weight is 380 g/mol. The van der Waals surface area contributed by atoms with Crippen LogP contribution in [0.4, 0.5) is 0 Å². The monoisotopic (exact) mass is 380 g/mol. The standard InChI is InChI=1S/C22H28N4O2/c1-2-4-18(5-3-1)22-19(13-23-24-22)15-26-10-8-25(9-11-26)14-17-6-7-20-21(12-17)28-16-27-20/h1-7,12,19,22-24H,8-11,13-16H2. The third-order valence-corrected chi connectivity index (χ3v) is 6.05. The molecule has 2 atom stereocenters. The van der Waals surface area contributed by atoms with Gasteiger partial charge < -0.3 is 14.4 Å². The van der Waals surface area contributed by atoms with Crippen LogP contribution >= 0.6 is 0 Å². The van der Waals surface area contributed by atoms with Crippen molar-refractivity contribution in [2.75, 3.05) is 46.1 Å². The lowest BCUT2D eigenvalue weighted by atomic mass is 9.94. The number of hydrazine groups is 1. The summed E-state index contributed by atoms with van der Waals surface area (Å²) in [5, 5.41) is 0. The fourth-order valence-electron chi connectivity index (χ4n) is 4.48. The van der Waals surface area contributed by atoms with E-state index in [2.05, 4.69) is 63.1 Å². The third kappa shape index (κ3) is 3.86. The van der Waals surface area contributed by atoms with E-state index in [-0.39, 0.29) is 0 Å². The maximum absolute atomic E-state index is 5.51. The Hall–Kier alpha value is -2.12. The van der Waals surface area contributed by atoms with Crippen LogP contribution in [0.5, 0.6) is 11.5 Å². The number of piperazine rings is 1. The molecule has 3 heterocycles. The van der Waals surface area contributed by atoms with Gasteiger partial charge in [0.15, 0.2) is 11.5 Å². The molecule has 0 radical (unpaired) electrons. The normalized spacial score (nSPS) is 25.3. The van der Waals surface area contributed by atoms with Gasteiger partial charge in [0.2, 0.25) is 6.79 Å². The Bertz CT molecular complexity index is 792. The minimum atomic E-state index is 0.340. The maximum Gasteiger partial charge on any atom is 0.231 e. The Balaban J connectivity index is 1.13. The quantitative estimate of drug-likeness (QED) is 0.828. The van der Waals surface area contributed by atoms with Crippen molar-refractivity contribution >= 4 is 0 Å². The Kier molecular flexibility index (Phi) is 5.18. The smallest absolute Gasteiger partial charge is 0.231 e. The second kappa shape index (κ2) is 8.09. The number of nitrogens with one attached hydrogen (secondary N) is 2. The lowest BCUT2D eigenvalue weighted by molar-refractivity contribution is 0.112. The van der Waals surface area contributed by atoms with Gasteiger partial charge in [0.05, 0.1) is 6.04 Å². The van der Waals surface area contributed by atoms with E-state index in [0.29, 0.717) is 18.8 Å². The van der Waals surface area contributed by atoms with Crippen LogP contribution in [-0.2, 0) is 6.54 Å². The summed E-state index contributed by atoms with van der Waals surface area (Å²) in [6.45, 7) is 7.95. The van der Waals surface area contributed by atoms with Crippen molar-refractivity contribution in [2.45, 2.75) is 12.6 Å². The number of hydrogen-bond acceptors (Lipinski definition) is 6. The first kappa shape index (κ1) is 17.9. The highest BCUT2D eigenvalue weighted by molar-refractivity contribution is 5.44. The summed E-state index contributed by atoms with van der Waals surface area (Å²) in [6.07, 6.45) is 0. The maximum atomic E-state index is 5.51. The van der Waals surface area contributed by atoms with Gasteiger partial charge in [0, 0.05) is 51.7 Å². The van der Waals surface area contributed by atoms with Crippen LogP contribution in [0.25, 0.3) is 0 Å². The van der Waals surface area contributed by atoms with Gasteiger partial charge in [-0.25, -0.2) is 5.43 Å². The number of rotatable bonds is 5. The molecule has 0 amide bonds. The first-order valence-electron chi connectivity index (χ1n) is 10.2. The number of ether oxygens (including phenoxy) is 2. The SMILES string of the molecule is c1ccc(C2NNCC2CN2CCN(Cc3ccc4c(c3)OCO4)CC2)cc1. The van der Waals surface area contributed by atoms with E-state index in [1.165, 1.54) is 11.1 Å². The minimum absolute atomic E-state index is 0.340. The summed E-state index contributed by atoms with van der Waals surface area (Å²) in [6, 6.07) is 17.5. The van der Waals surface area contributed by atoms with Crippen molar-refractivity contribution in [3.63, 3.8) is 0 Å². The molecule has 2 saturated heterocycles. The Morgan fingerprint density at radius 1 is 0.893 bits per heavy atom. The molecule has 28 heavy (non-hydrogen) atoms. The van der Waals surface area contributed by atoms with Crippen LogP contribution in [-0.4, -0.2) is 55.9 Å². The molecule has 3 aliphatic heterocycles. The number of benzene rings is 2. The average Bonchev–Trinajstić information content (AvgIpc) is 3.39. The molecule has 0 aromatic heterocycles. The van der Waals surface area contributed by atoms with E-state index in [0.717, 1.165) is 57.3 Å². The zero-order chi connectivity index (χ0) is 18.8. The van der Waals surface area contributed by atoms with E-state index in [9.17, 15) is 0 Å². The summed E-state index contributed by atoms with van der Waals surface area (Å²) in [5.74, 6) is 2.34. The summed E-state index contributed by atoms with van der Waals surface area (Å²) < 4.78 is 10.9. The zero-order valence-electron chi connectivity index (χ0n) is 16.1. The van der Waals surface area contributed by atoms with Gasteiger partial charge in [-0.15, -0.1) is 0 Å². The van der Waals surface area contributed by atoms with Gasteiger partial charge in [-0.05, 0) is 23.3 Å². The second-order valence-corrected chi connectivity index (χ2v) is 7.94. The molecule has 3 aliphatic rings. The molecule has 2 N–H and O–H groups in total. The van der Waals surface area contributed by atoms with Crippen molar-refractivity contribution in [3.8, 4) is 11.5 Å². The predicted molar refractivity (Wildman–Crippen MR) is 108 cm³/mol. The molecule has 2 aromatic carbocycles. The van der Waals surface area contributed by atoms with Crippen molar-refractivity contribution < 1.29 is 9.47 Å². The predicted octanol–water partition coefficient (Wildman–Crippen LogP) is 2.00. The fourth-order valence-corrected chi connectivity index (χ4v) is 4.48. The zero-order valence-corrected chi connectivity index (χ0v) is 16.1. The van der Waals surface area contributed by atoms with E-state index in [4.69, 9.17) is 9.47 Å². The van der Waals surface area contributed by atoms with Crippen molar-refractivity contribution in [1.82, 2.24) is 20.7 Å². The summed E-state index contributed by atoms with van der Waals surface area (Å²) in [4.78, 5) is 5.15. The molecule has 0 spiro atoms. The van der Waals surface area contributed by atoms with Gasteiger partial charge in [-0.3, -0.25) is 10.3 Å². The highest BCUT2D eigenvalue weighted by Gasteiger charge is 2.30. The molecular formula is C22H28N4O2. The highest BCUT2D eigenvalue weighted by atomic mass is 16.7. The Morgan fingerprint density at radius 2 is 1.68 bits per heavy atom. The van der Waals surface area contributed by atoms with Gasteiger partial charge in [0.1, 0.15) is 0 Å². The number of hydrogen-bond donors (Lipinski definition) is 2. The lowest BCUT2D eigenvalue weighted by Gasteiger charge is -2.36. The van der Waals surface area contributed by atoms with E-state index in [1.807, 2.05) is 6.07 Å². The molecule has 6 heteroatoms. The second-order valence-electron chi connectivity index (χ2n) is 7.94. The highest BCUT2D eigenvalue weighted by Crippen LogP contribution is 2.33. The number of nitrogens with zero attached hydrogens (tertiary/aromatic N) is 2. The van der Waals surface area contributed by atoms with Crippen LogP contribution in [0, 0.1) is 5.92 Å². The van der Waals surface area contributed by atoms with E-state index in [1.54, 1.807) is 0 Å². The van der Waals surface area contributed by atoms with E-state index >= 15 is 0 Å². The molecule has 2 fully saturated rings. The first-order valence-corrected chi connectivity index (χ1v) is 10.2. The van der Waals surface area contributed by atoms with Gasteiger partial charge in [-0.2, -0.15) is 0 Å². The van der Waals surface area contributed by atoms with Crippen LogP contribution < -0.4 is 20.3 Å². The first-order chi connectivity index (χ1) is 13.8. The largest absolute Gasteiger partial charge is 0.454 e. The molecule has 0 saturated carbocycles. The van der Waals surface area contributed by atoms with Crippen LogP contribution in [0.2, 0.25) is 0 Å². The van der Waals surface area contributed by atoms with Crippen molar-refractivity contribution in [2.24, 2.45) is 5.92 Å². The van der Waals surface area contributed by atoms with Crippen LogP contribution in [0.3, 0.4) is 0 Å². The Morgan fingerprint density at radius 3 is 2.54 bits per heavy atom. The summed E-state index contributed by atoms with van der Waals surface area (Å²) >= 11 is 0. The molecule has 2 aromatic rings. The minimum Gasteiger partial charge on any atom is -0.454 e. The molecule has 6 nitrogen and oxygen atoms in total. The summed E-state index contributed by atoms with van der Waals surface area (Å²) in [5.41, 5.74) is 9.50. The molecule has 148 valence electrons. The van der Waals surface area contributed by atoms with E-state index < -0.39 is 0 Å². The van der Waals surface area contributed by atoms with Gasteiger partial charge >= 0.3 is 0 Å². The fraction of sp³-hybridized carbons (Fsp3) is 0.455. The van der Waals surface area contributed by atoms with Crippen molar-refractivity contribution in [3.05, 3.63) is 59.7 Å². The van der Waals surface area contributed by atoms with Crippen molar-refractivity contribution in [1.29, 1.82) is 0 Å². The van der Waals surface area contributed by atoms with Gasteiger partial charge in [0.25, 0.3) is 0 Å². The van der Waals surface area contributed by atoms with Crippen LogP contribution in [0.1, 0.15) is 17.2 Å². The molecule has 5 rings (SSSR count). The molecular weight excluding hydrogens is 352 g/mol. The molecule has 2 unspecified atom stereocenters.